The lowest BCUT2D eigenvalue weighted by Gasteiger charge is -2.32. The fourth-order valence-corrected chi connectivity index (χ4v) is 3.35. The van der Waals surface area contributed by atoms with Gasteiger partial charge in [-0.05, 0) is 24.2 Å². The maximum atomic E-state index is 12.2. The zero-order valence-corrected chi connectivity index (χ0v) is 13.1. The number of ether oxygens (including phenoxy) is 1. The lowest BCUT2D eigenvalue weighted by molar-refractivity contribution is -0.0229. The Balaban J connectivity index is 1.94. The van der Waals surface area contributed by atoms with Crippen molar-refractivity contribution in [1.29, 1.82) is 0 Å². The van der Waals surface area contributed by atoms with Crippen molar-refractivity contribution < 1.29 is 13.2 Å². The SMILES string of the molecule is CCN1CCOC(CNS(=O)(=O)c2ccc(CN)cc2)C1. The molecular weight excluding hydrogens is 290 g/mol. The van der Waals surface area contributed by atoms with Crippen molar-refractivity contribution in [3.63, 3.8) is 0 Å². The van der Waals surface area contributed by atoms with E-state index in [0.29, 0.717) is 13.2 Å². The molecule has 0 spiro atoms. The fraction of sp³-hybridized carbons (Fsp3) is 0.571. The Kier molecular flexibility index (Phi) is 5.72. The standard InChI is InChI=1S/C14H23N3O3S/c1-2-17-7-8-20-13(11-17)10-16-21(18,19)14-5-3-12(9-15)4-6-14/h3-6,13,16H,2,7-11,15H2,1H3. The zero-order valence-electron chi connectivity index (χ0n) is 12.3. The zero-order chi connectivity index (χ0) is 15.3. The van der Waals surface area contributed by atoms with Gasteiger partial charge in [-0.25, -0.2) is 13.1 Å². The number of nitrogens with one attached hydrogen (secondary N) is 1. The highest BCUT2D eigenvalue weighted by Gasteiger charge is 2.22. The molecule has 118 valence electrons. The third-order valence-electron chi connectivity index (χ3n) is 3.64. The maximum Gasteiger partial charge on any atom is 0.240 e. The summed E-state index contributed by atoms with van der Waals surface area (Å²) in [5, 5.41) is 0. The van der Waals surface area contributed by atoms with E-state index in [1.807, 2.05) is 0 Å². The second kappa shape index (κ2) is 7.33. The van der Waals surface area contributed by atoms with Gasteiger partial charge >= 0.3 is 0 Å². The minimum atomic E-state index is -3.50. The van der Waals surface area contributed by atoms with Crippen LogP contribution in [0.25, 0.3) is 0 Å². The van der Waals surface area contributed by atoms with E-state index in [4.69, 9.17) is 10.5 Å². The molecule has 1 saturated heterocycles. The van der Waals surface area contributed by atoms with Crippen molar-refractivity contribution in [1.82, 2.24) is 9.62 Å². The smallest absolute Gasteiger partial charge is 0.240 e. The highest BCUT2D eigenvalue weighted by Crippen LogP contribution is 2.11. The predicted octanol–water partition coefficient (Wildman–Crippen LogP) is 0.144. The van der Waals surface area contributed by atoms with Crippen LogP contribution in [0.15, 0.2) is 29.2 Å². The number of hydrogen-bond acceptors (Lipinski definition) is 5. The quantitative estimate of drug-likeness (QED) is 0.781. The lowest BCUT2D eigenvalue weighted by atomic mass is 10.2. The van der Waals surface area contributed by atoms with E-state index in [1.54, 1.807) is 24.3 Å². The van der Waals surface area contributed by atoms with Crippen LogP contribution in [0.5, 0.6) is 0 Å². The Morgan fingerprint density at radius 1 is 1.38 bits per heavy atom. The first-order chi connectivity index (χ1) is 10.0. The molecule has 2 rings (SSSR count). The summed E-state index contributed by atoms with van der Waals surface area (Å²) in [6.45, 7) is 6.03. The summed E-state index contributed by atoms with van der Waals surface area (Å²) in [4.78, 5) is 2.50. The third kappa shape index (κ3) is 4.49. The Bertz CT molecular complexity index is 545. The summed E-state index contributed by atoms with van der Waals surface area (Å²) < 4.78 is 32.6. The molecule has 0 saturated carbocycles. The highest BCUT2D eigenvalue weighted by atomic mass is 32.2. The molecule has 1 fully saturated rings. The van der Waals surface area contributed by atoms with Gasteiger partial charge in [0, 0.05) is 26.2 Å². The molecule has 1 aromatic carbocycles. The van der Waals surface area contributed by atoms with E-state index in [2.05, 4.69) is 16.5 Å². The molecule has 3 N–H and O–H groups in total. The van der Waals surface area contributed by atoms with Crippen LogP contribution in [-0.2, 0) is 21.3 Å². The molecule has 1 heterocycles. The normalized spacial score (nSPS) is 20.6. The van der Waals surface area contributed by atoms with Crippen molar-refractivity contribution in [2.45, 2.75) is 24.5 Å². The van der Waals surface area contributed by atoms with Gasteiger partial charge in [0.25, 0.3) is 0 Å². The van der Waals surface area contributed by atoms with E-state index in [1.165, 1.54) is 0 Å². The highest BCUT2D eigenvalue weighted by molar-refractivity contribution is 7.89. The Morgan fingerprint density at radius 2 is 2.10 bits per heavy atom. The molecule has 0 radical (unpaired) electrons. The minimum absolute atomic E-state index is 0.100. The Hall–Kier alpha value is -0.990. The predicted molar refractivity (Wildman–Crippen MR) is 81.4 cm³/mol. The number of morpholine rings is 1. The molecular formula is C14H23N3O3S. The summed E-state index contributed by atoms with van der Waals surface area (Å²) in [6.07, 6.45) is -0.100. The van der Waals surface area contributed by atoms with Gasteiger partial charge in [-0.1, -0.05) is 19.1 Å². The molecule has 1 unspecified atom stereocenters. The first kappa shape index (κ1) is 16.4. The average molecular weight is 313 g/mol. The van der Waals surface area contributed by atoms with E-state index in [0.717, 1.165) is 25.2 Å². The van der Waals surface area contributed by atoms with Gasteiger partial charge in [-0.2, -0.15) is 0 Å². The molecule has 0 aliphatic carbocycles. The fourth-order valence-electron chi connectivity index (χ4n) is 2.28. The van der Waals surface area contributed by atoms with Crippen molar-refractivity contribution >= 4 is 10.0 Å². The van der Waals surface area contributed by atoms with Crippen molar-refractivity contribution in [2.24, 2.45) is 5.73 Å². The van der Waals surface area contributed by atoms with Gasteiger partial charge in [-0.15, -0.1) is 0 Å². The van der Waals surface area contributed by atoms with Gasteiger partial charge in [-0.3, -0.25) is 4.90 Å². The molecule has 1 aliphatic rings. The number of likely N-dealkylation sites (N-methyl/N-ethyl adjacent to an activating group) is 1. The van der Waals surface area contributed by atoms with Crippen LogP contribution in [0.1, 0.15) is 12.5 Å². The monoisotopic (exact) mass is 313 g/mol. The number of benzene rings is 1. The topological polar surface area (TPSA) is 84.7 Å². The Morgan fingerprint density at radius 3 is 2.71 bits per heavy atom. The van der Waals surface area contributed by atoms with Gasteiger partial charge in [0.1, 0.15) is 0 Å². The summed E-state index contributed by atoms with van der Waals surface area (Å²) >= 11 is 0. The van der Waals surface area contributed by atoms with Crippen molar-refractivity contribution in [3.05, 3.63) is 29.8 Å². The van der Waals surface area contributed by atoms with Crippen LogP contribution in [0, 0.1) is 0 Å². The van der Waals surface area contributed by atoms with Crippen LogP contribution in [0.4, 0.5) is 0 Å². The molecule has 0 amide bonds. The van der Waals surface area contributed by atoms with Crippen LogP contribution in [0.3, 0.4) is 0 Å². The largest absolute Gasteiger partial charge is 0.374 e. The second-order valence-corrected chi connectivity index (χ2v) is 6.85. The number of hydrogen-bond donors (Lipinski definition) is 2. The summed E-state index contributed by atoms with van der Waals surface area (Å²) in [5.74, 6) is 0. The molecule has 1 atom stereocenters. The molecule has 6 nitrogen and oxygen atoms in total. The lowest BCUT2D eigenvalue weighted by Crippen LogP contribution is -2.47. The second-order valence-electron chi connectivity index (χ2n) is 5.09. The minimum Gasteiger partial charge on any atom is -0.374 e. The summed E-state index contributed by atoms with van der Waals surface area (Å²) in [6, 6.07) is 6.60. The molecule has 1 aromatic rings. The first-order valence-corrected chi connectivity index (χ1v) is 8.66. The average Bonchev–Trinajstić information content (AvgIpc) is 2.53. The number of nitrogens with two attached hydrogens (primary N) is 1. The summed E-state index contributed by atoms with van der Waals surface area (Å²) in [7, 11) is -3.50. The van der Waals surface area contributed by atoms with E-state index in [-0.39, 0.29) is 17.5 Å². The number of rotatable bonds is 6. The maximum absolute atomic E-state index is 12.2. The third-order valence-corrected chi connectivity index (χ3v) is 5.08. The molecule has 1 aliphatic heterocycles. The van der Waals surface area contributed by atoms with Gasteiger partial charge in [0.05, 0.1) is 17.6 Å². The number of nitrogens with zero attached hydrogens (tertiary/aromatic N) is 1. The van der Waals surface area contributed by atoms with Crippen LogP contribution in [0.2, 0.25) is 0 Å². The van der Waals surface area contributed by atoms with Crippen LogP contribution >= 0.6 is 0 Å². The summed E-state index contributed by atoms with van der Waals surface area (Å²) in [5.41, 5.74) is 6.41. The molecule has 7 heteroatoms. The van der Waals surface area contributed by atoms with E-state index in [9.17, 15) is 8.42 Å². The first-order valence-electron chi connectivity index (χ1n) is 7.17. The van der Waals surface area contributed by atoms with Crippen LogP contribution < -0.4 is 10.5 Å². The Labute approximate surface area is 126 Å². The molecule has 21 heavy (non-hydrogen) atoms. The van der Waals surface area contributed by atoms with Crippen molar-refractivity contribution in [2.75, 3.05) is 32.8 Å². The van der Waals surface area contributed by atoms with Gasteiger partial charge in [0.15, 0.2) is 0 Å². The molecule has 0 aromatic heterocycles. The van der Waals surface area contributed by atoms with Crippen molar-refractivity contribution in [3.8, 4) is 0 Å². The van der Waals surface area contributed by atoms with Gasteiger partial charge in [0.2, 0.25) is 10.0 Å². The molecule has 0 bridgehead atoms. The van der Waals surface area contributed by atoms with E-state index < -0.39 is 10.0 Å². The van der Waals surface area contributed by atoms with Crippen LogP contribution in [-0.4, -0.2) is 52.2 Å². The number of sulfonamides is 1. The van der Waals surface area contributed by atoms with Gasteiger partial charge < -0.3 is 10.5 Å². The van der Waals surface area contributed by atoms with E-state index >= 15 is 0 Å².